The second kappa shape index (κ2) is 7.43. The Balaban J connectivity index is 2.01. The lowest BCUT2D eigenvalue weighted by Crippen LogP contribution is -2.33. The lowest BCUT2D eigenvalue weighted by atomic mass is 10.1. The average Bonchev–Trinajstić information content (AvgIpc) is 2.69. The predicted octanol–water partition coefficient (Wildman–Crippen LogP) is 3.34. The van der Waals surface area contributed by atoms with E-state index in [1.54, 1.807) is 30.4 Å². The summed E-state index contributed by atoms with van der Waals surface area (Å²) in [5.74, 6) is 0.0739. The van der Waals surface area contributed by atoms with E-state index in [4.69, 9.17) is 16.3 Å². The number of hydrogen-bond acceptors (Lipinski definition) is 3. The van der Waals surface area contributed by atoms with Gasteiger partial charge in [0.05, 0.1) is 16.9 Å². The van der Waals surface area contributed by atoms with Gasteiger partial charge in [-0.1, -0.05) is 6.42 Å². The molecule has 0 aromatic carbocycles. The van der Waals surface area contributed by atoms with Crippen molar-refractivity contribution in [2.75, 3.05) is 27.3 Å². The minimum Gasteiger partial charge on any atom is -0.383 e. The van der Waals surface area contributed by atoms with E-state index in [9.17, 15) is 4.79 Å². The van der Waals surface area contributed by atoms with Gasteiger partial charge >= 0.3 is 0 Å². The van der Waals surface area contributed by atoms with Gasteiger partial charge in [0.2, 0.25) is 0 Å². The summed E-state index contributed by atoms with van der Waals surface area (Å²) < 4.78 is 5.00. The Morgan fingerprint density at radius 2 is 2.20 bits per heavy atom. The quantitative estimate of drug-likeness (QED) is 0.616. The van der Waals surface area contributed by atoms with Crippen LogP contribution in [-0.2, 0) is 17.6 Å². The Kier molecular flexibility index (Phi) is 5.87. The van der Waals surface area contributed by atoms with Crippen LogP contribution in [0.3, 0.4) is 0 Å². The fourth-order valence-electron chi connectivity index (χ4n) is 2.57. The van der Waals surface area contributed by atoms with Crippen LogP contribution >= 0.6 is 22.9 Å². The first-order valence-corrected chi connectivity index (χ1v) is 8.37. The number of carbonyl (C=O) groups excluding carboxylic acids is 1. The van der Waals surface area contributed by atoms with Crippen molar-refractivity contribution in [3.8, 4) is 0 Å². The maximum absolute atomic E-state index is 12.4. The SMILES string of the molecule is COCC(Cl)CN(C)C(=O)c1cc2c(s1)CCCCC2. The van der Waals surface area contributed by atoms with Crippen LogP contribution in [-0.4, -0.2) is 43.5 Å². The van der Waals surface area contributed by atoms with Gasteiger partial charge in [-0.15, -0.1) is 22.9 Å². The van der Waals surface area contributed by atoms with Gasteiger partial charge in [-0.05, 0) is 37.3 Å². The molecule has 2 rings (SSSR count). The molecule has 1 heterocycles. The Morgan fingerprint density at radius 3 is 2.95 bits per heavy atom. The highest BCUT2D eigenvalue weighted by atomic mass is 35.5. The summed E-state index contributed by atoms with van der Waals surface area (Å²) in [6.45, 7) is 0.969. The highest BCUT2D eigenvalue weighted by Gasteiger charge is 2.20. The molecule has 0 fully saturated rings. The zero-order chi connectivity index (χ0) is 14.5. The molecule has 0 spiro atoms. The van der Waals surface area contributed by atoms with Gasteiger partial charge < -0.3 is 9.64 Å². The van der Waals surface area contributed by atoms with Crippen molar-refractivity contribution in [2.24, 2.45) is 0 Å². The first-order valence-electron chi connectivity index (χ1n) is 7.12. The van der Waals surface area contributed by atoms with Gasteiger partial charge in [-0.3, -0.25) is 4.79 Å². The summed E-state index contributed by atoms with van der Waals surface area (Å²) >= 11 is 7.77. The number of carbonyl (C=O) groups is 1. The summed E-state index contributed by atoms with van der Waals surface area (Å²) in [7, 11) is 3.42. The van der Waals surface area contributed by atoms with E-state index < -0.39 is 0 Å². The molecule has 1 aliphatic rings. The highest BCUT2D eigenvalue weighted by Crippen LogP contribution is 2.29. The molecule has 5 heteroatoms. The number of alkyl halides is 1. The van der Waals surface area contributed by atoms with Gasteiger partial charge in [0.25, 0.3) is 5.91 Å². The van der Waals surface area contributed by atoms with Crippen molar-refractivity contribution < 1.29 is 9.53 Å². The molecule has 0 aliphatic heterocycles. The third-order valence-electron chi connectivity index (χ3n) is 3.62. The lowest BCUT2D eigenvalue weighted by Gasteiger charge is -2.19. The Bertz CT molecular complexity index is 437. The molecule has 0 bridgehead atoms. The minimum atomic E-state index is -0.160. The van der Waals surface area contributed by atoms with Gasteiger partial charge in [-0.25, -0.2) is 0 Å². The second-order valence-electron chi connectivity index (χ2n) is 5.36. The van der Waals surface area contributed by atoms with E-state index in [2.05, 4.69) is 6.07 Å². The first kappa shape index (κ1) is 15.8. The van der Waals surface area contributed by atoms with Crippen LogP contribution in [0.25, 0.3) is 0 Å². The number of amides is 1. The summed E-state index contributed by atoms with van der Waals surface area (Å²) in [6, 6.07) is 2.09. The number of nitrogens with zero attached hydrogens (tertiary/aromatic N) is 1. The van der Waals surface area contributed by atoms with Crippen molar-refractivity contribution in [1.82, 2.24) is 4.90 Å². The van der Waals surface area contributed by atoms with Crippen LogP contribution in [0.1, 0.15) is 39.4 Å². The first-order chi connectivity index (χ1) is 9.61. The predicted molar refractivity (Wildman–Crippen MR) is 84.1 cm³/mol. The molecule has 1 unspecified atom stereocenters. The second-order valence-corrected chi connectivity index (χ2v) is 7.11. The van der Waals surface area contributed by atoms with Gasteiger partial charge in [-0.2, -0.15) is 0 Å². The molecule has 0 radical (unpaired) electrons. The zero-order valence-corrected chi connectivity index (χ0v) is 13.7. The molecule has 112 valence electrons. The molecular weight excluding hydrogens is 294 g/mol. The molecule has 0 saturated carbocycles. The number of fused-ring (bicyclic) bond motifs is 1. The fourth-order valence-corrected chi connectivity index (χ4v) is 4.16. The van der Waals surface area contributed by atoms with Crippen molar-refractivity contribution in [3.05, 3.63) is 21.4 Å². The number of hydrogen-bond donors (Lipinski definition) is 0. The minimum absolute atomic E-state index is 0.0739. The van der Waals surface area contributed by atoms with Gasteiger partial charge in [0, 0.05) is 25.6 Å². The van der Waals surface area contributed by atoms with Crippen molar-refractivity contribution in [2.45, 2.75) is 37.5 Å². The molecule has 1 atom stereocenters. The van der Waals surface area contributed by atoms with E-state index in [1.807, 2.05) is 0 Å². The van der Waals surface area contributed by atoms with E-state index in [0.29, 0.717) is 13.2 Å². The largest absolute Gasteiger partial charge is 0.383 e. The number of halogens is 1. The Labute approximate surface area is 129 Å². The maximum atomic E-state index is 12.4. The normalized spacial score (nSPS) is 16.4. The van der Waals surface area contributed by atoms with Gasteiger partial charge in [0.15, 0.2) is 0 Å². The average molecular weight is 316 g/mol. The van der Waals surface area contributed by atoms with Crippen LogP contribution in [0.4, 0.5) is 0 Å². The molecule has 3 nitrogen and oxygen atoms in total. The van der Waals surface area contributed by atoms with E-state index in [1.165, 1.54) is 29.7 Å². The standard InChI is InChI=1S/C15H22ClNO2S/c1-17(9-12(16)10-19-2)15(18)14-8-11-6-4-3-5-7-13(11)20-14/h8,12H,3-7,9-10H2,1-2H3. The van der Waals surface area contributed by atoms with Crippen molar-refractivity contribution in [1.29, 1.82) is 0 Å². The van der Waals surface area contributed by atoms with Crippen molar-refractivity contribution >= 4 is 28.8 Å². The maximum Gasteiger partial charge on any atom is 0.263 e. The molecular formula is C15H22ClNO2S. The third-order valence-corrected chi connectivity index (χ3v) is 5.11. The molecule has 1 aromatic heterocycles. The van der Waals surface area contributed by atoms with Crippen LogP contribution in [0.5, 0.6) is 0 Å². The molecule has 0 N–H and O–H groups in total. The monoisotopic (exact) mass is 315 g/mol. The molecule has 1 aliphatic carbocycles. The molecule has 0 saturated heterocycles. The number of thiophene rings is 1. The summed E-state index contributed by atoms with van der Waals surface area (Å²) in [5, 5.41) is -0.160. The van der Waals surface area contributed by atoms with Crippen LogP contribution in [0, 0.1) is 0 Å². The molecule has 1 amide bonds. The van der Waals surface area contributed by atoms with Gasteiger partial charge in [0.1, 0.15) is 0 Å². The third kappa shape index (κ3) is 3.96. The Hall–Kier alpha value is -0.580. The van der Waals surface area contributed by atoms with E-state index in [-0.39, 0.29) is 11.3 Å². The topological polar surface area (TPSA) is 29.5 Å². The zero-order valence-electron chi connectivity index (χ0n) is 12.2. The van der Waals surface area contributed by atoms with Crippen LogP contribution in [0.15, 0.2) is 6.07 Å². The Morgan fingerprint density at radius 1 is 1.45 bits per heavy atom. The summed E-state index contributed by atoms with van der Waals surface area (Å²) in [5.41, 5.74) is 1.38. The summed E-state index contributed by atoms with van der Waals surface area (Å²) in [4.78, 5) is 16.4. The van der Waals surface area contributed by atoms with E-state index in [0.717, 1.165) is 17.7 Å². The number of ether oxygens (including phenoxy) is 1. The summed E-state index contributed by atoms with van der Waals surface area (Å²) in [6.07, 6.45) is 6.03. The molecule has 20 heavy (non-hydrogen) atoms. The number of methoxy groups -OCH3 is 1. The lowest BCUT2D eigenvalue weighted by molar-refractivity contribution is 0.0786. The van der Waals surface area contributed by atoms with Crippen LogP contribution < -0.4 is 0 Å². The highest BCUT2D eigenvalue weighted by molar-refractivity contribution is 7.14. The number of rotatable bonds is 5. The van der Waals surface area contributed by atoms with E-state index >= 15 is 0 Å². The van der Waals surface area contributed by atoms with Crippen molar-refractivity contribution in [3.63, 3.8) is 0 Å². The fraction of sp³-hybridized carbons (Fsp3) is 0.667. The smallest absolute Gasteiger partial charge is 0.263 e. The van der Waals surface area contributed by atoms with Crippen LogP contribution in [0.2, 0.25) is 0 Å². The number of aryl methyl sites for hydroxylation is 2. The molecule has 1 aromatic rings.